The molecule has 1 aromatic rings. The number of methoxy groups -OCH3 is 1. The average molecular weight is 176 g/mol. The van der Waals surface area contributed by atoms with Crippen molar-refractivity contribution in [2.75, 3.05) is 7.11 Å². The molecule has 1 nitrogen and oxygen atoms in total. The van der Waals surface area contributed by atoms with Crippen LogP contribution >= 0.6 is 0 Å². The van der Waals surface area contributed by atoms with Gasteiger partial charge in [0.1, 0.15) is 0 Å². The highest BCUT2D eigenvalue weighted by Crippen LogP contribution is 2.13. The number of rotatable bonds is 3. The normalized spacial score (nSPS) is 11.5. The zero-order chi connectivity index (χ0) is 9.68. The van der Waals surface area contributed by atoms with Crippen LogP contribution in [0.4, 0.5) is 0 Å². The van der Waals surface area contributed by atoms with E-state index in [1.807, 2.05) is 12.1 Å². The van der Waals surface area contributed by atoms with E-state index >= 15 is 0 Å². The molecule has 0 amide bonds. The van der Waals surface area contributed by atoms with Crippen molar-refractivity contribution in [2.45, 2.75) is 20.3 Å². The van der Waals surface area contributed by atoms with Gasteiger partial charge >= 0.3 is 0 Å². The van der Waals surface area contributed by atoms with Crippen molar-refractivity contribution < 1.29 is 4.74 Å². The number of aryl methyl sites for hydroxylation is 1. The summed E-state index contributed by atoms with van der Waals surface area (Å²) in [5.74, 6) is 1.02. The zero-order valence-corrected chi connectivity index (χ0v) is 8.50. The fraction of sp³-hybridized carbons (Fsp3) is 0.333. The number of ether oxygens (including phenoxy) is 1. The molecule has 0 N–H and O–H groups in total. The van der Waals surface area contributed by atoms with Crippen molar-refractivity contribution in [2.24, 2.45) is 0 Å². The van der Waals surface area contributed by atoms with Gasteiger partial charge < -0.3 is 4.74 Å². The molecule has 0 saturated carbocycles. The van der Waals surface area contributed by atoms with Crippen molar-refractivity contribution in [1.29, 1.82) is 0 Å². The van der Waals surface area contributed by atoms with Crippen molar-refractivity contribution in [3.05, 3.63) is 41.2 Å². The van der Waals surface area contributed by atoms with E-state index < -0.39 is 0 Å². The fourth-order valence-corrected chi connectivity index (χ4v) is 1.23. The zero-order valence-electron chi connectivity index (χ0n) is 8.50. The topological polar surface area (TPSA) is 9.23 Å². The van der Waals surface area contributed by atoms with E-state index in [0.717, 1.165) is 12.2 Å². The summed E-state index contributed by atoms with van der Waals surface area (Å²) < 4.78 is 5.22. The van der Waals surface area contributed by atoms with Gasteiger partial charge in [-0.25, -0.2) is 0 Å². The van der Waals surface area contributed by atoms with Gasteiger partial charge in [-0.1, -0.05) is 31.2 Å². The lowest BCUT2D eigenvalue weighted by Gasteiger charge is -2.04. The maximum Gasteiger partial charge on any atom is 0.0958 e. The third kappa shape index (κ3) is 2.62. The smallest absolute Gasteiger partial charge is 0.0958 e. The summed E-state index contributed by atoms with van der Waals surface area (Å²) in [5.41, 5.74) is 2.52. The standard InChI is InChI=1S/C12H16O/c1-4-12(13-3)9-11-8-6-5-7-10(11)2/h5-9H,4H2,1-3H3/b12-9+. The molecule has 0 unspecified atom stereocenters. The Morgan fingerprint density at radius 2 is 2.08 bits per heavy atom. The molecule has 0 atom stereocenters. The van der Waals surface area contributed by atoms with Crippen molar-refractivity contribution in [1.82, 2.24) is 0 Å². The Bertz CT molecular complexity index is 294. The Labute approximate surface area is 80.0 Å². The molecule has 1 heteroatoms. The Balaban J connectivity index is 2.95. The molecule has 0 spiro atoms. The Kier molecular flexibility index (Phi) is 3.56. The molecule has 0 aliphatic rings. The van der Waals surface area contributed by atoms with Crippen LogP contribution < -0.4 is 0 Å². The van der Waals surface area contributed by atoms with Gasteiger partial charge in [0.05, 0.1) is 12.9 Å². The molecule has 0 aliphatic carbocycles. The van der Waals surface area contributed by atoms with E-state index in [1.165, 1.54) is 11.1 Å². The molecule has 1 rings (SSSR count). The molecule has 0 fully saturated rings. The lowest BCUT2D eigenvalue weighted by atomic mass is 10.1. The first-order valence-electron chi connectivity index (χ1n) is 4.58. The molecule has 0 heterocycles. The van der Waals surface area contributed by atoms with Crippen LogP contribution in [-0.4, -0.2) is 7.11 Å². The third-order valence-corrected chi connectivity index (χ3v) is 2.12. The van der Waals surface area contributed by atoms with Crippen LogP contribution in [-0.2, 0) is 4.74 Å². The van der Waals surface area contributed by atoms with E-state index in [9.17, 15) is 0 Å². The monoisotopic (exact) mass is 176 g/mol. The largest absolute Gasteiger partial charge is 0.501 e. The molecule has 0 aromatic heterocycles. The highest BCUT2D eigenvalue weighted by atomic mass is 16.5. The molecule has 0 aliphatic heterocycles. The minimum Gasteiger partial charge on any atom is -0.501 e. The van der Waals surface area contributed by atoms with Gasteiger partial charge in [0, 0.05) is 6.42 Å². The maximum absolute atomic E-state index is 5.22. The van der Waals surface area contributed by atoms with Crippen LogP contribution in [0.2, 0.25) is 0 Å². The Hall–Kier alpha value is -1.24. The SMILES string of the molecule is CC/C(=C\c1ccccc1C)OC. The predicted octanol–water partition coefficient (Wildman–Crippen LogP) is 3.39. The lowest BCUT2D eigenvalue weighted by Crippen LogP contribution is -1.86. The summed E-state index contributed by atoms with van der Waals surface area (Å²) in [7, 11) is 1.72. The molecule has 13 heavy (non-hydrogen) atoms. The van der Waals surface area contributed by atoms with Gasteiger partial charge in [-0.15, -0.1) is 0 Å². The van der Waals surface area contributed by atoms with Crippen molar-refractivity contribution >= 4 is 6.08 Å². The van der Waals surface area contributed by atoms with Gasteiger partial charge in [-0.2, -0.15) is 0 Å². The summed E-state index contributed by atoms with van der Waals surface area (Å²) in [6, 6.07) is 8.30. The van der Waals surface area contributed by atoms with Gasteiger partial charge in [0.15, 0.2) is 0 Å². The highest BCUT2D eigenvalue weighted by Gasteiger charge is 1.95. The lowest BCUT2D eigenvalue weighted by molar-refractivity contribution is 0.285. The summed E-state index contributed by atoms with van der Waals surface area (Å²) in [5, 5.41) is 0. The number of hydrogen-bond acceptors (Lipinski definition) is 1. The van der Waals surface area contributed by atoms with Gasteiger partial charge in [-0.3, -0.25) is 0 Å². The predicted molar refractivity (Wildman–Crippen MR) is 56.5 cm³/mol. The average Bonchev–Trinajstić information content (AvgIpc) is 2.17. The van der Waals surface area contributed by atoms with Crippen LogP contribution in [0.1, 0.15) is 24.5 Å². The summed E-state index contributed by atoms with van der Waals surface area (Å²) >= 11 is 0. The number of benzene rings is 1. The van der Waals surface area contributed by atoms with Gasteiger partial charge in [0.25, 0.3) is 0 Å². The quantitative estimate of drug-likeness (QED) is 0.641. The first kappa shape index (κ1) is 9.85. The summed E-state index contributed by atoms with van der Waals surface area (Å²) in [6.45, 7) is 4.20. The Morgan fingerprint density at radius 3 is 2.62 bits per heavy atom. The van der Waals surface area contributed by atoms with Crippen LogP contribution in [0.15, 0.2) is 30.0 Å². The van der Waals surface area contributed by atoms with Crippen molar-refractivity contribution in [3.63, 3.8) is 0 Å². The molecule has 70 valence electrons. The van der Waals surface area contributed by atoms with E-state index in [4.69, 9.17) is 4.74 Å². The fourth-order valence-electron chi connectivity index (χ4n) is 1.23. The van der Waals surface area contributed by atoms with E-state index in [2.05, 4.69) is 32.1 Å². The summed E-state index contributed by atoms with van der Waals surface area (Å²) in [6.07, 6.45) is 3.03. The first-order valence-corrected chi connectivity index (χ1v) is 4.58. The molecule has 0 bridgehead atoms. The Morgan fingerprint density at radius 1 is 1.38 bits per heavy atom. The van der Waals surface area contributed by atoms with Crippen LogP contribution in [0, 0.1) is 6.92 Å². The maximum atomic E-state index is 5.22. The van der Waals surface area contributed by atoms with Crippen molar-refractivity contribution in [3.8, 4) is 0 Å². The first-order chi connectivity index (χ1) is 6.27. The molecule has 0 radical (unpaired) electrons. The van der Waals surface area contributed by atoms with E-state index in [0.29, 0.717) is 0 Å². The van der Waals surface area contributed by atoms with Gasteiger partial charge in [-0.05, 0) is 24.1 Å². The molecule has 1 aromatic carbocycles. The number of hydrogen-bond donors (Lipinski definition) is 0. The molecular weight excluding hydrogens is 160 g/mol. The second-order valence-corrected chi connectivity index (χ2v) is 3.02. The van der Waals surface area contributed by atoms with E-state index in [-0.39, 0.29) is 0 Å². The number of allylic oxidation sites excluding steroid dienone is 1. The third-order valence-electron chi connectivity index (χ3n) is 2.12. The molecular formula is C12H16O. The second-order valence-electron chi connectivity index (χ2n) is 3.02. The second kappa shape index (κ2) is 4.70. The summed E-state index contributed by atoms with van der Waals surface area (Å²) in [4.78, 5) is 0. The minimum atomic E-state index is 0.935. The van der Waals surface area contributed by atoms with Crippen LogP contribution in [0.3, 0.4) is 0 Å². The van der Waals surface area contributed by atoms with E-state index in [1.54, 1.807) is 7.11 Å². The van der Waals surface area contributed by atoms with Crippen LogP contribution in [0.5, 0.6) is 0 Å². The molecule has 0 saturated heterocycles. The van der Waals surface area contributed by atoms with Crippen LogP contribution in [0.25, 0.3) is 6.08 Å². The minimum absolute atomic E-state index is 0.935. The van der Waals surface area contributed by atoms with Gasteiger partial charge in [0.2, 0.25) is 0 Å². The highest BCUT2D eigenvalue weighted by molar-refractivity contribution is 5.54.